The van der Waals surface area contributed by atoms with Gasteiger partial charge in [0.2, 0.25) is 0 Å². The molecule has 0 aliphatic heterocycles. The number of hydrogen-bond acceptors (Lipinski definition) is 5. The topological polar surface area (TPSA) is 117 Å². The molecule has 5 N–H and O–H groups in total. The first-order valence-corrected chi connectivity index (χ1v) is 4.88. The minimum absolute atomic E-state index is 0.114. The van der Waals surface area contributed by atoms with E-state index in [1.807, 2.05) is 0 Å². The number of benzene rings is 1. The fourth-order valence-electron chi connectivity index (χ4n) is 1.27. The van der Waals surface area contributed by atoms with Crippen LogP contribution in [-0.4, -0.2) is 26.2 Å². The molecule has 0 unspecified atom stereocenters. The molecule has 0 radical (unpaired) electrons. The van der Waals surface area contributed by atoms with Crippen LogP contribution in [0.5, 0.6) is 5.75 Å². The molecule has 0 aliphatic carbocycles. The molecule has 0 aliphatic rings. The number of nitrogens with two attached hydrogens (primary N) is 1. The van der Waals surface area contributed by atoms with E-state index in [-0.39, 0.29) is 23.9 Å². The van der Waals surface area contributed by atoms with E-state index in [1.165, 1.54) is 24.5 Å². The Morgan fingerprint density at radius 2 is 2.35 bits per heavy atom. The van der Waals surface area contributed by atoms with Crippen LogP contribution in [0.25, 0.3) is 0 Å². The Bertz CT molecular complexity index is 523. The summed E-state index contributed by atoms with van der Waals surface area (Å²) in [6, 6.07) is 4.31. The Labute approximate surface area is 96.7 Å². The molecule has 88 valence electrons. The van der Waals surface area contributed by atoms with Gasteiger partial charge in [0.25, 0.3) is 5.91 Å². The van der Waals surface area contributed by atoms with Crippen LogP contribution < -0.4 is 11.1 Å². The molecule has 7 heteroatoms. The highest BCUT2D eigenvalue weighted by Crippen LogP contribution is 2.20. The zero-order valence-electron chi connectivity index (χ0n) is 8.84. The number of H-pyrrole nitrogens is 1. The Hall–Kier alpha value is -2.57. The van der Waals surface area contributed by atoms with Crippen molar-refractivity contribution < 1.29 is 9.90 Å². The molecule has 1 aromatic carbocycles. The van der Waals surface area contributed by atoms with Crippen LogP contribution in [0.3, 0.4) is 0 Å². The van der Waals surface area contributed by atoms with Crippen molar-refractivity contribution >= 4 is 11.6 Å². The van der Waals surface area contributed by atoms with Crippen molar-refractivity contribution in [2.24, 2.45) is 0 Å². The zero-order valence-corrected chi connectivity index (χ0v) is 8.84. The molecule has 1 amide bonds. The largest absolute Gasteiger partial charge is 0.506 e. The summed E-state index contributed by atoms with van der Waals surface area (Å²) in [6.07, 6.45) is 1.36. The second-order valence-corrected chi connectivity index (χ2v) is 3.39. The molecule has 2 aromatic rings. The Kier molecular flexibility index (Phi) is 2.91. The predicted octanol–water partition coefficient (Wildman–Crippen LogP) is 0.0225. The quantitative estimate of drug-likeness (QED) is 0.440. The minimum atomic E-state index is -0.322. The van der Waals surface area contributed by atoms with Crippen molar-refractivity contribution in [1.82, 2.24) is 20.5 Å². The molecule has 0 spiro atoms. The second-order valence-electron chi connectivity index (χ2n) is 3.39. The Morgan fingerprint density at radius 1 is 1.53 bits per heavy atom. The third-order valence-corrected chi connectivity index (χ3v) is 2.17. The molecule has 1 aromatic heterocycles. The number of carbonyl (C=O) groups excluding carboxylic acids is 1. The number of nitrogen functional groups attached to an aromatic ring is 1. The van der Waals surface area contributed by atoms with Gasteiger partial charge in [-0.2, -0.15) is 5.10 Å². The third-order valence-electron chi connectivity index (χ3n) is 2.17. The van der Waals surface area contributed by atoms with Crippen LogP contribution >= 0.6 is 0 Å². The van der Waals surface area contributed by atoms with Gasteiger partial charge in [0.05, 0.1) is 12.2 Å². The fourth-order valence-corrected chi connectivity index (χ4v) is 1.27. The second kappa shape index (κ2) is 4.52. The molecule has 17 heavy (non-hydrogen) atoms. The van der Waals surface area contributed by atoms with Gasteiger partial charge in [-0.3, -0.25) is 9.89 Å². The number of hydrogen-bond donors (Lipinski definition) is 4. The SMILES string of the molecule is Nc1ccc(C(=O)NCc2ncn[nH]2)cc1O. The van der Waals surface area contributed by atoms with Crippen molar-refractivity contribution in [2.45, 2.75) is 6.54 Å². The number of aromatic hydroxyl groups is 1. The third kappa shape index (κ3) is 2.51. The molecule has 0 fully saturated rings. The van der Waals surface area contributed by atoms with Gasteiger partial charge in [0.1, 0.15) is 17.9 Å². The maximum Gasteiger partial charge on any atom is 0.251 e. The first-order valence-electron chi connectivity index (χ1n) is 4.88. The average Bonchev–Trinajstić information content (AvgIpc) is 2.82. The molecule has 0 saturated carbocycles. The molecule has 0 saturated heterocycles. The number of amides is 1. The van der Waals surface area contributed by atoms with Gasteiger partial charge in [0, 0.05) is 5.56 Å². The van der Waals surface area contributed by atoms with Gasteiger partial charge in [-0.05, 0) is 18.2 Å². The van der Waals surface area contributed by atoms with Crippen molar-refractivity contribution in [3.05, 3.63) is 35.9 Å². The summed E-state index contributed by atoms with van der Waals surface area (Å²) in [5.74, 6) is 0.118. The van der Waals surface area contributed by atoms with Crippen LogP contribution in [0.4, 0.5) is 5.69 Å². The fraction of sp³-hybridized carbons (Fsp3) is 0.100. The number of anilines is 1. The molecular formula is C10H11N5O2. The average molecular weight is 233 g/mol. The lowest BCUT2D eigenvalue weighted by Gasteiger charge is -2.04. The van der Waals surface area contributed by atoms with E-state index in [4.69, 9.17) is 5.73 Å². The predicted molar refractivity (Wildman–Crippen MR) is 60.1 cm³/mol. The van der Waals surface area contributed by atoms with E-state index in [2.05, 4.69) is 20.5 Å². The number of rotatable bonds is 3. The van der Waals surface area contributed by atoms with E-state index < -0.39 is 0 Å². The number of phenols is 1. The number of phenolic OH excluding ortho intramolecular Hbond substituents is 1. The maximum absolute atomic E-state index is 11.7. The number of nitrogens with zero attached hydrogens (tertiary/aromatic N) is 2. The maximum atomic E-state index is 11.7. The highest BCUT2D eigenvalue weighted by molar-refractivity contribution is 5.95. The van der Waals surface area contributed by atoms with Gasteiger partial charge < -0.3 is 16.2 Å². The molecule has 2 rings (SSSR count). The molecule has 0 bridgehead atoms. The van der Waals surface area contributed by atoms with Crippen molar-refractivity contribution in [2.75, 3.05) is 5.73 Å². The van der Waals surface area contributed by atoms with Crippen LogP contribution in [0.15, 0.2) is 24.5 Å². The standard InChI is InChI=1S/C10H11N5O2/c11-7-2-1-6(3-8(7)16)10(17)12-4-9-13-5-14-15-9/h1-3,5,16H,4,11H2,(H,12,17)(H,13,14,15). The summed E-state index contributed by atoms with van der Waals surface area (Å²) in [5.41, 5.74) is 6.00. The molecule has 1 heterocycles. The lowest BCUT2D eigenvalue weighted by atomic mass is 10.2. The highest BCUT2D eigenvalue weighted by atomic mass is 16.3. The lowest BCUT2D eigenvalue weighted by Crippen LogP contribution is -2.23. The lowest BCUT2D eigenvalue weighted by molar-refractivity contribution is 0.0949. The van der Waals surface area contributed by atoms with E-state index in [0.29, 0.717) is 11.4 Å². The van der Waals surface area contributed by atoms with Gasteiger partial charge in [-0.15, -0.1) is 0 Å². The number of nitrogens with one attached hydrogen (secondary N) is 2. The first kappa shape index (κ1) is 10.9. The van der Waals surface area contributed by atoms with Crippen LogP contribution in [0.2, 0.25) is 0 Å². The van der Waals surface area contributed by atoms with E-state index in [9.17, 15) is 9.90 Å². The van der Waals surface area contributed by atoms with Crippen LogP contribution in [-0.2, 0) is 6.54 Å². The summed E-state index contributed by atoms with van der Waals surface area (Å²) >= 11 is 0. The van der Waals surface area contributed by atoms with E-state index in [0.717, 1.165) is 0 Å². The van der Waals surface area contributed by atoms with Crippen LogP contribution in [0.1, 0.15) is 16.2 Å². The summed E-state index contributed by atoms with van der Waals surface area (Å²) in [5, 5.41) is 18.3. The van der Waals surface area contributed by atoms with Gasteiger partial charge in [-0.1, -0.05) is 0 Å². The summed E-state index contributed by atoms with van der Waals surface area (Å²) < 4.78 is 0. The zero-order chi connectivity index (χ0) is 12.3. The normalized spacial score (nSPS) is 10.1. The van der Waals surface area contributed by atoms with Crippen molar-refractivity contribution in [3.8, 4) is 5.75 Å². The Morgan fingerprint density at radius 3 is 3.00 bits per heavy atom. The Balaban J connectivity index is 2.02. The number of carbonyl (C=O) groups is 1. The summed E-state index contributed by atoms with van der Waals surface area (Å²) in [6.45, 7) is 0.240. The smallest absolute Gasteiger partial charge is 0.251 e. The number of aromatic nitrogens is 3. The van der Waals surface area contributed by atoms with E-state index in [1.54, 1.807) is 0 Å². The van der Waals surface area contributed by atoms with Crippen molar-refractivity contribution in [3.63, 3.8) is 0 Å². The first-order chi connectivity index (χ1) is 8.16. The number of aromatic amines is 1. The molecule has 0 atom stereocenters. The monoisotopic (exact) mass is 233 g/mol. The summed E-state index contributed by atoms with van der Waals surface area (Å²) in [4.78, 5) is 15.5. The van der Waals surface area contributed by atoms with Gasteiger partial charge >= 0.3 is 0 Å². The molecule has 7 nitrogen and oxygen atoms in total. The highest BCUT2D eigenvalue weighted by Gasteiger charge is 2.08. The summed E-state index contributed by atoms with van der Waals surface area (Å²) in [7, 11) is 0. The van der Waals surface area contributed by atoms with Crippen molar-refractivity contribution in [1.29, 1.82) is 0 Å². The minimum Gasteiger partial charge on any atom is -0.506 e. The van der Waals surface area contributed by atoms with E-state index >= 15 is 0 Å². The van der Waals surface area contributed by atoms with Crippen LogP contribution in [0, 0.1) is 0 Å². The van der Waals surface area contributed by atoms with Gasteiger partial charge in [0.15, 0.2) is 0 Å². The van der Waals surface area contributed by atoms with Gasteiger partial charge in [-0.25, -0.2) is 4.98 Å². The molecular weight excluding hydrogens is 222 g/mol.